The Balaban J connectivity index is 2.39. The molecule has 106 valence electrons. The van der Waals surface area contributed by atoms with Crippen molar-refractivity contribution in [2.24, 2.45) is 5.73 Å². The molecule has 4 heteroatoms. The number of ether oxygens (including phenoxy) is 1. The van der Waals surface area contributed by atoms with E-state index in [-0.39, 0.29) is 0 Å². The molecule has 3 nitrogen and oxygen atoms in total. The summed E-state index contributed by atoms with van der Waals surface area (Å²) in [5.41, 5.74) is 8.57. The Bertz CT molecular complexity index is 599. The van der Waals surface area contributed by atoms with Crippen LogP contribution in [0.5, 0.6) is 11.5 Å². The molecule has 1 heterocycles. The first-order valence-corrected chi connectivity index (χ1v) is 7.15. The Morgan fingerprint density at radius 2 is 2.05 bits per heavy atom. The van der Waals surface area contributed by atoms with Crippen molar-refractivity contribution in [1.82, 2.24) is 4.98 Å². The summed E-state index contributed by atoms with van der Waals surface area (Å²) in [5.74, 6) is 1.43. The average Bonchev–Trinajstić information content (AvgIpc) is 2.44. The Kier molecular flexibility index (Phi) is 4.99. The first-order chi connectivity index (χ1) is 9.65. The highest BCUT2D eigenvalue weighted by atomic mass is 35.5. The molecule has 0 saturated heterocycles. The molecule has 0 bridgehead atoms. The molecule has 1 aromatic heterocycles. The van der Waals surface area contributed by atoms with Gasteiger partial charge in [-0.1, -0.05) is 30.7 Å². The van der Waals surface area contributed by atoms with Crippen molar-refractivity contribution in [3.05, 3.63) is 52.3 Å². The minimum absolute atomic E-state index is 0.559. The normalized spacial score (nSPS) is 10.6. The van der Waals surface area contributed by atoms with Gasteiger partial charge in [-0.05, 0) is 50.1 Å². The fourth-order valence-electron chi connectivity index (χ4n) is 2.07. The molecule has 0 aliphatic heterocycles. The van der Waals surface area contributed by atoms with Crippen molar-refractivity contribution in [2.75, 3.05) is 6.54 Å². The van der Waals surface area contributed by atoms with Crippen molar-refractivity contribution in [1.29, 1.82) is 0 Å². The van der Waals surface area contributed by atoms with E-state index >= 15 is 0 Å². The summed E-state index contributed by atoms with van der Waals surface area (Å²) < 4.78 is 6.02. The number of aryl methyl sites for hydroxylation is 2. The monoisotopic (exact) mass is 290 g/mol. The van der Waals surface area contributed by atoms with E-state index in [2.05, 4.69) is 11.9 Å². The van der Waals surface area contributed by atoms with Gasteiger partial charge in [-0.2, -0.15) is 0 Å². The average molecular weight is 291 g/mol. The zero-order chi connectivity index (χ0) is 14.5. The molecular formula is C16H19ClN2O. The van der Waals surface area contributed by atoms with Crippen LogP contribution in [0.25, 0.3) is 0 Å². The largest absolute Gasteiger partial charge is 0.454 e. The van der Waals surface area contributed by atoms with Crippen LogP contribution >= 0.6 is 11.6 Å². The van der Waals surface area contributed by atoms with Gasteiger partial charge < -0.3 is 10.5 Å². The SMILES string of the molecule is CCc1nc(C)ccc1Oc1c(Cl)cccc1CCN. The van der Waals surface area contributed by atoms with Crippen molar-refractivity contribution in [3.63, 3.8) is 0 Å². The van der Waals surface area contributed by atoms with Gasteiger partial charge in [0.15, 0.2) is 0 Å². The molecule has 2 N–H and O–H groups in total. The van der Waals surface area contributed by atoms with Gasteiger partial charge in [0, 0.05) is 5.69 Å². The molecule has 0 spiro atoms. The predicted molar refractivity (Wildman–Crippen MR) is 82.6 cm³/mol. The van der Waals surface area contributed by atoms with Crippen LogP contribution in [0.1, 0.15) is 23.9 Å². The molecule has 0 unspecified atom stereocenters. The maximum atomic E-state index is 6.26. The summed E-state index contributed by atoms with van der Waals surface area (Å²) in [7, 11) is 0. The van der Waals surface area contributed by atoms with E-state index in [1.807, 2.05) is 37.3 Å². The number of hydrogen-bond acceptors (Lipinski definition) is 3. The second kappa shape index (κ2) is 6.73. The third-order valence-electron chi connectivity index (χ3n) is 3.08. The van der Waals surface area contributed by atoms with Gasteiger partial charge in [0.05, 0.1) is 10.7 Å². The summed E-state index contributed by atoms with van der Waals surface area (Å²) >= 11 is 6.26. The van der Waals surface area contributed by atoms with Gasteiger partial charge in [0.25, 0.3) is 0 Å². The number of halogens is 1. The fraction of sp³-hybridized carbons (Fsp3) is 0.312. The number of benzene rings is 1. The maximum absolute atomic E-state index is 6.26. The van der Waals surface area contributed by atoms with E-state index in [9.17, 15) is 0 Å². The highest BCUT2D eigenvalue weighted by Crippen LogP contribution is 2.34. The number of nitrogens with two attached hydrogens (primary N) is 1. The van der Waals surface area contributed by atoms with Crippen LogP contribution < -0.4 is 10.5 Å². The van der Waals surface area contributed by atoms with Crippen molar-refractivity contribution < 1.29 is 4.74 Å². The summed E-state index contributed by atoms with van der Waals surface area (Å²) in [4.78, 5) is 4.50. The third-order valence-corrected chi connectivity index (χ3v) is 3.38. The van der Waals surface area contributed by atoms with Crippen LogP contribution in [0.3, 0.4) is 0 Å². The lowest BCUT2D eigenvalue weighted by molar-refractivity contribution is 0.467. The predicted octanol–water partition coefficient (Wildman–Crippen LogP) is 3.90. The molecule has 0 amide bonds. The van der Waals surface area contributed by atoms with E-state index in [0.29, 0.717) is 17.3 Å². The van der Waals surface area contributed by atoms with Crippen LogP contribution in [0.15, 0.2) is 30.3 Å². The number of pyridine rings is 1. The van der Waals surface area contributed by atoms with Crippen LogP contribution in [0, 0.1) is 6.92 Å². The molecule has 0 aliphatic carbocycles. The molecule has 1 aromatic carbocycles. The van der Waals surface area contributed by atoms with E-state index < -0.39 is 0 Å². The Morgan fingerprint density at radius 3 is 2.75 bits per heavy atom. The number of aromatic nitrogens is 1. The number of rotatable bonds is 5. The second-order valence-electron chi connectivity index (χ2n) is 4.62. The number of nitrogens with zero attached hydrogens (tertiary/aromatic N) is 1. The Hall–Kier alpha value is -1.58. The topological polar surface area (TPSA) is 48.1 Å². The molecule has 2 aromatic rings. The lowest BCUT2D eigenvalue weighted by atomic mass is 10.1. The van der Waals surface area contributed by atoms with E-state index in [0.717, 1.165) is 35.5 Å². The van der Waals surface area contributed by atoms with Gasteiger partial charge in [0.2, 0.25) is 0 Å². The molecule has 0 saturated carbocycles. The van der Waals surface area contributed by atoms with Crippen molar-refractivity contribution in [3.8, 4) is 11.5 Å². The van der Waals surface area contributed by atoms with Gasteiger partial charge in [-0.25, -0.2) is 0 Å². The highest BCUT2D eigenvalue weighted by molar-refractivity contribution is 6.32. The van der Waals surface area contributed by atoms with E-state index in [4.69, 9.17) is 22.1 Å². The van der Waals surface area contributed by atoms with Crippen LogP contribution in [0.4, 0.5) is 0 Å². The molecule has 20 heavy (non-hydrogen) atoms. The van der Waals surface area contributed by atoms with Gasteiger partial charge in [0.1, 0.15) is 11.5 Å². The number of hydrogen-bond donors (Lipinski definition) is 1. The summed E-state index contributed by atoms with van der Waals surface area (Å²) in [6.07, 6.45) is 1.55. The smallest absolute Gasteiger partial charge is 0.149 e. The summed E-state index contributed by atoms with van der Waals surface area (Å²) in [6.45, 7) is 4.59. The minimum atomic E-state index is 0.559. The first kappa shape index (κ1) is 14.8. The zero-order valence-electron chi connectivity index (χ0n) is 11.8. The summed E-state index contributed by atoms with van der Waals surface area (Å²) in [6, 6.07) is 9.60. The fourth-order valence-corrected chi connectivity index (χ4v) is 2.31. The Morgan fingerprint density at radius 1 is 1.25 bits per heavy atom. The minimum Gasteiger partial charge on any atom is -0.454 e. The summed E-state index contributed by atoms with van der Waals surface area (Å²) in [5, 5.41) is 0.596. The lowest BCUT2D eigenvalue weighted by Gasteiger charge is -2.14. The van der Waals surface area contributed by atoms with E-state index in [1.54, 1.807) is 0 Å². The maximum Gasteiger partial charge on any atom is 0.149 e. The van der Waals surface area contributed by atoms with Crippen LogP contribution in [-0.2, 0) is 12.8 Å². The van der Waals surface area contributed by atoms with Crippen molar-refractivity contribution in [2.45, 2.75) is 26.7 Å². The van der Waals surface area contributed by atoms with Gasteiger partial charge in [-0.15, -0.1) is 0 Å². The molecule has 0 radical (unpaired) electrons. The first-order valence-electron chi connectivity index (χ1n) is 6.77. The Labute approximate surface area is 124 Å². The lowest BCUT2D eigenvalue weighted by Crippen LogP contribution is -2.05. The number of para-hydroxylation sites is 1. The molecule has 0 atom stereocenters. The molecular weight excluding hydrogens is 272 g/mol. The zero-order valence-corrected chi connectivity index (χ0v) is 12.6. The highest BCUT2D eigenvalue weighted by Gasteiger charge is 2.12. The molecule has 0 aliphatic rings. The van der Waals surface area contributed by atoms with E-state index in [1.165, 1.54) is 0 Å². The third kappa shape index (κ3) is 3.30. The standard InChI is InChI=1S/C16H19ClN2O/c1-3-14-15(8-7-11(2)19-14)20-16-12(9-10-18)5-4-6-13(16)17/h4-8H,3,9-10,18H2,1-2H3. The van der Waals surface area contributed by atoms with Crippen LogP contribution in [-0.4, -0.2) is 11.5 Å². The molecule has 2 rings (SSSR count). The van der Waals surface area contributed by atoms with Crippen LogP contribution in [0.2, 0.25) is 5.02 Å². The second-order valence-corrected chi connectivity index (χ2v) is 5.03. The quantitative estimate of drug-likeness (QED) is 0.908. The van der Waals surface area contributed by atoms with Gasteiger partial charge >= 0.3 is 0 Å². The molecule has 0 fully saturated rings. The van der Waals surface area contributed by atoms with Crippen molar-refractivity contribution >= 4 is 11.6 Å². The van der Waals surface area contributed by atoms with Gasteiger partial charge in [-0.3, -0.25) is 4.98 Å².